The van der Waals surface area contributed by atoms with E-state index in [1.165, 1.54) is 4.90 Å². The van der Waals surface area contributed by atoms with Gasteiger partial charge >= 0.3 is 0 Å². The molecule has 4 nitrogen and oxygen atoms in total. The van der Waals surface area contributed by atoms with Crippen LogP contribution >= 0.6 is 11.6 Å². The molecular formula is C18H17ClN2O2. The van der Waals surface area contributed by atoms with Crippen molar-refractivity contribution in [1.29, 1.82) is 0 Å². The predicted octanol–water partition coefficient (Wildman–Crippen LogP) is 3.07. The molecular weight excluding hydrogens is 312 g/mol. The smallest absolute Gasteiger partial charge is 0.251 e. The monoisotopic (exact) mass is 328 g/mol. The molecule has 5 heteroatoms. The number of halogens is 1. The Kier molecular flexibility index (Phi) is 4.46. The number of nitrogens with zero attached hydrogens (tertiary/aromatic N) is 1. The molecule has 1 N–H and O–H groups in total. The number of amides is 2. The third kappa shape index (κ3) is 3.44. The maximum absolute atomic E-state index is 12.5. The summed E-state index contributed by atoms with van der Waals surface area (Å²) in [4.78, 5) is 25.9. The lowest BCUT2D eigenvalue weighted by atomic mass is 10.2. The molecule has 23 heavy (non-hydrogen) atoms. The molecule has 0 aromatic heterocycles. The van der Waals surface area contributed by atoms with Gasteiger partial charge in [-0.1, -0.05) is 41.4 Å². The Balaban J connectivity index is 1.68. The van der Waals surface area contributed by atoms with Gasteiger partial charge in [0.25, 0.3) is 5.91 Å². The normalized spacial score (nSPS) is 17.8. The lowest BCUT2D eigenvalue weighted by Crippen LogP contribution is -2.38. The number of hydrogen-bond acceptors (Lipinski definition) is 3. The summed E-state index contributed by atoms with van der Waals surface area (Å²) in [6, 6.07) is 14.3. The molecule has 1 atom stereocenters. The maximum atomic E-state index is 12.5. The van der Waals surface area contributed by atoms with Gasteiger partial charge in [-0.3, -0.25) is 9.59 Å². The van der Waals surface area contributed by atoms with Gasteiger partial charge in [0, 0.05) is 11.6 Å². The molecule has 1 saturated heterocycles. The zero-order valence-corrected chi connectivity index (χ0v) is 13.5. The van der Waals surface area contributed by atoms with Gasteiger partial charge in [0.2, 0.25) is 5.91 Å². The second-order valence-electron chi connectivity index (χ2n) is 5.67. The van der Waals surface area contributed by atoms with Gasteiger partial charge in [-0.05, 0) is 36.8 Å². The number of aryl methyl sites for hydroxylation is 1. The lowest BCUT2D eigenvalue weighted by molar-refractivity contribution is -0.121. The molecule has 1 unspecified atom stereocenters. The number of hydrogen-bond donors (Lipinski definition) is 1. The zero-order chi connectivity index (χ0) is 16.4. The Morgan fingerprint density at radius 1 is 1.09 bits per heavy atom. The number of benzene rings is 2. The van der Waals surface area contributed by atoms with E-state index in [-0.39, 0.29) is 18.2 Å². The lowest BCUT2D eigenvalue weighted by Gasteiger charge is -2.16. The van der Waals surface area contributed by atoms with Crippen LogP contribution in [0, 0.1) is 6.92 Å². The van der Waals surface area contributed by atoms with E-state index in [0.29, 0.717) is 17.3 Å². The van der Waals surface area contributed by atoms with E-state index in [1.54, 1.807) is 24.3 Å². The van der Waals surface area contributed by atoms with Crippen LogP contribution in [-0.2, 0) is 16.1 Å². The second-order valence-corrected chi connectivity index (χ2v) is 6.10. The Morgan fingerprint density at radius 2 is 1.74 bits per heavy atom. The van der Waals surface area contributed by atoms with Crippen LogP contribution in [0.4, 0.5) is 5.69 Å². The van der Waals surface area contributed by atoms with Crippen molar-refractivity contribution in [3.05, 3.63) is 64.7 Å². The number of nitrogens with one attached hydrogen (secondary N) is 1. The van der Waals surface area contributed by atoms with Crippen molar-refractivity contribution in [2.75, 3.05) is 4.90 Å². The van der Waals surface area contributed by atoms with E-state index in [2.05, 4.69) is 5.32 Å². The third-order valence-corrected chi connectivity index (χ3v) is 4.16. The van der Waals surface area contributed by atoms with Crippen LogP contribution in [0.2, 0.25) is 5.02 Å². The predicted molar refractivity (Wildman–Crippen MR) is 90.4 cm³/mol. The standard InChI is InChI=1S/C18H17ClN2O2/c1-12-2-8-15(9-3-12)21-17(22)10-16(18(21)23)20-11-13-4-6-14(19)7-5-13/h2-9,16,20H,10-11H2,1H3. The molecule has 1 heterocycles. The third-order valence-electron chi connectivity index (χ3n) is 3.90. The number of anilines is 1. The van der Waals surface area contributed by atoms with E-state index in [9.17, 15) is 9.59 Å². The van der Waals surface area contributed by atoms with Gasteiger partial charge in [0.1, 0.15) is 0 Å². The van der Waals surface area contributed by atoms with Gasteiger partial charge in [0.05, 0.1) is 18.2 Å². The van der Waals surface area contributed by atoms with Crippen LogP contribution in [0.3, 0.4) is 0 Å². The van der Waals surface area contributed by atoms with Crippen molar-refractivity contribution in [3.8, 4) is 0 Å². The number of carbonyl (C=O) groups is 2. The molecule has 0 bridgehead atoms. The van der Waals surface area contributed by atoms with Crippen molar-refractivity contribution in [1.82, 2.24) is 5.32 Å². The van der Waals surface area contributed by atoms with Crippen LogP contribution in [-0.4, -0.2) is 17.9 Å². The van der Waals surface area contributed by atoms with Crippen LogP contribution in [0.1, 0.15) is 17.5 Å². The zero-order valence-electron chi connectivity index (χ0n) is 12.8. The highest BCUT2D eigenvalue weighted by Crippen LogP contribution is 2.23. The first-order valence-corrected chi connectivity index (χ1v) is 7.84. The Labute approximate surface area is 140 Å². The molecule has 3 rings (SSSR count). The first-order chi connectivity index (χ1) is 11.0. The number of imide groups is 1. The summed E-state index contributed by atoms with van der Waals surface area (Å²) in [5.74, 6) is -0.375. The Bertz CT molecular complexity index is 726. The molecule has 0 saturated carbocycles. The van der Waals surface area contributed by atoms with Gasteiger partial charge in [0.15, 0.2) is 0 Å². The first kappa shape index (κ1) is 15.7. The van der Waals surface area contributed by atoms with E-state index >= 15 is 0 Å². The highest BCUT2D eigenvalue weighted by atomic mass is 35.5. The minimum atomic E-state index is -0.487. The first-order valence-electron chi connectivity index (χ1n) is 7.46. The molecule has 2 aromatic rings. The number of rotatable bonds is 4. The summed E-state index contributed by atoms with van der Waals surface area (Å²) in [5.41, 5.74) is 2.73. The van der Waals surface area contributed by atoms with E-state index < -0.39 is 6.04 Å². The van der Waals surface area contributed by atoms with E-state index in [1.807, 2.05) is 31.2 Å². The van der Waals surface area contributed by atoms with Crippen molar-refractivity contribution in [2.45, 2.75) is 25.9 Å². The Hall–Kier alpha value is -2.17. The molecule has 1 aliphatic rings. The number of carbonyl (C=O) groups excluding carboxylic acids is 2. The van der Waals surface area contributed by atoms with Crippen molar-refractivity contribution in [2.24, 2.45) is 0 Å². The summed E-state index contributed by atoms with van der Waals surface area (Å²) in [6.45, 7) is 2.48. The largest absolute Gasteiger partial charge is 0.301 e. The fourth-order valence-corrected chi connectivity index (χ4v) is 2.73. The second kappa shape index (κ2) is 6.52. The molecule has 0 aliphatic carbocycles. The van der Waals surface area contributed by atoms with Crippen LogP contribution in [0.15, 0.2) is 48.5 Å². The maximum Gasteiger partial charge on any atom is 0.251 e. The van der Waals surface area contributed by atoms with E-state index in [4.69, 9.17) is 11.6 Å². The molecule has 1 aliphatic heterocycles. The summed E-state index contributed by atoms with van der Waals surface area (Å²) in [5, 5.41) is 3.83. The molecule has 2 aromatic carbocycles. The minimum absolute atomic E-state index is 0.174. The Morgan fingerprint density at radius 3 is 2.39 bits per heavy atom. The molecule has 0 spiro atoms. The average Bonchev–Trinajstić information content (AvgIpc) is 2.82. The molecule has 2 amide bonds. The van der Waals surface area contributed by atoms with Crippen molar-refractivity contribution < 1.29 is 9.59 Å². The highest BCUT2D eigenvalue weighted by molar-refractivity contribution is 6.30. The van der Waals surface area contributed by atoms with Gasteiger partial charge in [-0.25, -0.2) is 4.90 Å². The fraction of sp³-hybridized carbons (Fsp3) is 0.222. The topological polar surface area (TPSA) is 49.4 Å². The van der Waals surface area contributed by atoms with Gasteiger partial charge in [-0.2, -0.15) is 0 Å². The molecule has 0 radical (unpaired) electrons. The molecule has 118 valence electrons. The summed E-state index contributed by atoms with van der Waals surface area (Å²) in [6.07, 6.45) is 0.181. The quantitative estimate of drug-likeness (QED) is 0.877. The summed E-state index contributed by atoms with van der Waals surface area (Å²) < 4.78 is 0. The highest BCUT2D eigenvalue weighted by Gasteiger charge is 2.39. The van der Waals surface area contributed by atoms with Crippen LogP contribution in [0.5, 0.6) is 0 Å². The van der Waals surface area contributed by atoms with Crippen LogP contribution < -0.4 is 10.2 Å². The van der Waals surface area contributed by atoms with Gasteiger partial charge < -0.3 is 5.32 Å². The molecule has 1 fully saturated rings. The van der Waals surface area contributed by atoms with Crippen molar-refractivity contribution >= 4 is 29.1 Å². The average molecular weight is 329 g/mol. The van der Waals surface area contributed by atoms with Gasteiger partial charge in [-0.15, -0.1) is 0 Å². The SMILES string of the molecule is Cc1ccc(N2C(=O)CC(NCc3ccc(Cl)cc3)C2=O)cc1. The fourth-order valence-electron chi connectivity index (χ4n) is 2.60. The minimum Gasteiger partial charge on any atom is -0.301 e. The summed E-state index contributed by atoms with van der Waals surface area (Å²) >= 11 is 5.85. The summed E-state index contributed by atoms with van der Waals surface area (Å²) in [7, 11) is 0. The van der Waals surface area contributed by atoms with Crippen molar-refractivity contribution in [3.63, 3.8) is 0 Å². The van der Waals surface area contributed by atoms with E-state index in [0.717, 1.165) is 11.1 Å². The van der Waals surface area contributed by atoms with Crippen LogP contribution in [0.25, 0.3) is 0 Å².